The molecule has 4 aromatic rings. The number of carbonyl (C=O) groups is 2. The SMILES string of the molecule is Cc1ccc(CN(C(=O)CN(c2ccc(C)cc2)S(=O)(=O)c2ccccc2)[C@H](Cc2ccccc2)C(=O)NC2CCCC2)cc1. The molecule has 1 aliphatic rings. The lowest BCUT2D eigenvalue weighted by Crippen LogP contribution is -2.54. The first-order valence-corrected chi connectivity index (χ1v) is 17.0. The van der Waals surface area contributed by atoms with Crippen molar-refractivity contribution in [2.24, 2.45) is 0 Å². The van der Waals surface area contributed by atoms with Crippen LogP contribution in [0.2, 0.25) is 0 Å². The molecule has 1 fully saturated rings. The first-order valence-electron chi connectivity index (χ1n) is 15.5. The lowest BCUT2D eigenvalue weighted by atomic mass is 10.0. The third kappa shape index (κ3) is 8.19. The number of rotatable bonds is 12. The molecule has 0 heterocycles. The van der Waals surface area contributed by atoms with Crippen molar-refractivity contribution in [1.82, 2.24) is 10.2 Å². The van der Waals surface area contributed by atoms with Crippen molar-refractivity contribution in [3.63, 3.8) is 0 Å². The van der Waals surface area contributed by atoms with Crippen LogP contribution in [0.25, 0.3) is 0 Å². The highest BCUT2D eigenvalue weighted by molar-refractivity contribution is 7.92. The summed E-state index contributed by atoms with van der Waals surface area (Å²) in [6, 6.07) is 31.9. The maximum Gasteiger partial charge on any atom is 0.264 e. The van der Waals surface area contributed by atoms with E-state index in [9.17, 15) is 18.0 Å². The van der Waals surface area contributed by atoms with Crippen LogP contribution in [0, 0.1) is 13.8 Å². The number of sulfonamides is 1. The van der Waals surface area contributed by atoms with Gasteiger partial charge in [-0.2, -0.15) is 0 Å². The van der Waals surface area contributed by atoms with Crippen molar-refractivity contribution in [2.45, 2.75) is 69.5 Å². The van der Waals surface area contributed by atoms with Crippen LogP contribution in [0.5, 0.6) is 0 Å². The number of hydrogen-bond donors (Lipinski definition) is 1. The Bertz CT molecular complexity index is 1670. The molecule has 0 aromatic heterocycles. The van der Waals surface area contributed by atoms with Crippen molar-refractivity contribution in [1.29, 1.82) is 0 Å². The highest BCUT2D eigenvalue weighted by Gasteiger charge is 2.35. The fourth-order valence-corrected chi connectivity index (χ4v) is 7.21. The zero-order chi connectivity index (χ0) is 31.8. The van der Waals surface area contributed by atoms with E-state index >= 15 is 0 Å². The third-order valence-electron chi connectivity index (χ3n) is 8.38. The van der Waals surface area contributed by atoms with Crippen LogP contribution in [-0.2, 0) is 32.6 Å². The van der Waals surface area contributed by atoms with Gasteiger partial charge in [0, 0.05) is 19.0 Å². The Hall–Kier alpha value is -4.43. The van der Waals surface area contributed by atoms with Crippen molar-refractivity contribution in [2.75, 3.05) is 10.8 Å². The third-order valence-corrected chi connectivity index (χ3v) is 10.2. The molecule has 0 spiro atoms. The standard InChI is InChI=1S/C37H41N3O4S/c1-28-17-21-31(22-18-28)26-39(35(25-30-11-5-3-6-12-30)37(42)38-32-13-9-10-14-32)36(41)27-40(33-23-19-29(2)20-24-33)45(43,44)34-15-7-4-8-16-34/h3-8,11-12,15-24,32,35H,9-10,13-14,25-27H2,1-2H3,(H,38,42)/t35-/m1/s1. The van der Waals surface area contributed by atoms with Gasteiger partial charge < -0.3 is 10.2 Å². The van der Waals surface area contributed by atoms with Crippen molar-refractivity contribution in [3.05, 3.63) is 131 Å². The Labute approximate surface area is 266 Å². The molecule has 45 heavy (non-hydrogen) atoms. The number of carbonyl (C=O) groups excluding carboxylic acids is 2. The zero-order valence-corrected chi connectivity index (χ0v) is 26.7. The molecule has 0 unspecified atom stereocenters. The average Bonchev–Trinajstić information content (AvgIpc) is 3.57. The van der Waals surface area contributed by atoms with Crippen LogP contribution < -0.4 is 9.62 Å². The van der Waals surface area contributed by atoms with Gasteiger partial charge in [-0.15, -0.1) is 0 Å². The van der Waals surface area contributed by atoms with E-state index < -0.39 is 28.5 Å². The van der Waals surface area contributed by atoms with Gasteiger partial charge >= 0.3 is 0 Å². The van der Waals surface area contributed by atoms with Crippen LogP contribution >= 0.6 is 0 Å². The molecule has 0 aliphatic heterocycles. The van der Waals surface area contributed by atoms with Gasteiger partial charge in [-0.1, -0.05) is 109 Å². The van der Waals surface area contributed by atoms with E-state index in [1.807, 2.05) is 80.6 Å². The molecule has 5 rings (SSSR count). The molecular formula is C37H41N3O4S. The molecule has 0 bridgehead atoms. The number of nitrogens with zero attached hydrogens (tertiary/aromatic N) is 2. The normalized spacial score (nSPS) is 14.1. The number of hydrogen-bond acceptors (Lipinski definition) is 4. The molecular weight excluding hydrogens is 582 g/mol. The topological polar surface area (TPSA) is 86.8 Å². The number of amides is 2. The summed E-state index contributed by atoms with van der Waals surface area (Å²) in [7, 11) is -4.11. The molecule has 1 atom stereocenters. The molecule has 0 radical (unpaired) electrons. The van der Waals surface area contributed by atoms with Gasteiger partial charge in [-0.3, -0.25) is 13.9 Å². The largest absolute Gasteiger partial charge is 0.352 e. The summed E-state index contributed by atoms with van der Waals surface area (Å²) in [5, 5.41) is 3.21. The highest BCUT2D eigenvalue weighted by atomic mass is 32.2. The van der Waals surface area contributed by atoms with Gasteiger partial charge in [0.2, 0.25) is 11.8 Å². The second-order valence-corrected chi connectivity index (χ2v) is 13.7. The van der Waals surface area contributed by atoms with Crippen LogP contribution in [0.15, 0.2) is 114 Å². The van der Waals surface area contributed by atoms with Gasteiger partial charge in [0.05, 0.1) is 10.6 Å². The summed E-state index contributed by atoms with van der Waals surface area (Å²) < 4.78 is 29.3. The predicted molar refractivity (Wildman–Crippen MR) is 178 cm³/mol. The number of anilines is 1. The van der Waals surface area contributed by atoms with Gasteiger partial charge in [0.25, 0.3) is 10.0 Å². The molecule has 1 aliphatic carbocycles. The van der Waals surface area contributed by atoms with Crippen LogP contribution in [0.3, 0.4) is 0 Å². The van der Waals surface area contributed by atoms with Crippen LogP contribution in [0.4, 0.5) is 5.69 Å². The highest BCUT2D eigenvalue weighted by Crippen LogP contribution is 2.26. The summed E-state index contributed by atoms with van der Waals surface area (Å²) in [5.74, 6) is -0.683. The summed E-state index contributed by atoms with van der Waals surface area (Å²) in [5.41, 5.74) is 4.19. The Morgan fingerprint density at radius 3 is 1.91 bits per heavy atom. The first kappa shape index (κ1) is 32.0. The second kappa shape index (κ2) is 14.6. The summed E-state index contributed by atoms with van der Waals surface area (Å²) in [6.45, 7) is 3.61. The van der Waals surface area contributed by atoms with E-state index in [-0.39, 0.29) is 23.4 Å². The minimum Gasteiger partial charge on any atom is -0.352 e. The molecule has 0 saturated heterocycles. The zero-order valence-electron chi connectivity index (χ0n) is 25.9. The van der Waals surface area contributed by atoms with Crippen molar-refractivity contribution in [3.8, 4) is 0 Å². The minimum atomic E-state index is -4.11. The minimum absolute atomic E-state index is 0.0645. The molecule has 2 amide bonds. The molecule has 7 nitrogen and oxygen atoms in total. The van der Waals surface area contributed by atoms with E-state index in [2.05, 4.69) is 5.32 Å². The van der Waals surface area contributed by atoms with Crippen molar-refractivity contribution >= 4 is 27.5 Å². The van der Waals surface area contributed by atoms with E-state index in [0.29, 0.717) is 12.1 Å². The molecule has 234 valence electrons. The molecule has 1 N–H and O–H groups in total. The fraction of sp³-hybridized carbons (Fsp3) is 0.297. The molecule has 8 heteroatoms. The maximum absolute atomic E-state index is 14.6. The summed E-state index contributed by atoms with van der Waals surface area (Å²) in [4.78, 5) is 30.3. The molecule has 1 saturated carbocycles. The van der Waals surface area contributed by atoms with E-state index in [4.69, 9.17) is 0 Å². The average molecular weight is 624 g/mol. The Morgan fingerprint density at radius 2 is 1.31 bits per heavy atom. The smallest absolute Gasteiger partial charge is 0.264 e. The summed E-state index contributed by atoms with van der Waals surface area (Å²) >= 11 is 0. The quantitative estimate of drug-likeness (QED) is 0.204. The van der Waals surface area contributed by atoms with E-state index in [0.717, 1.165) is 52.2 Å². The van der Waals surface area contributed by atoms with Gasteiger partial charge in [-0.05, 0) is 62.1 Å². The van der Waals surface area contributed by atoms with E-state index in [1.165, 1.54) is 12.1 Å². The number of nitrogens with one attached hydrogen (secondary N) is 1. The molecule has 4 aromatic carbocycles. The Kier molecular flexibility index (Phi) is 10.4. The Balaban J connectivity index is 1.55. The lowest BCUT2D eigenvalue weighted by molar-refractivity contribution is -0.140. The van der Waals surface area contributed by atoms with Gasteiger partial charge in [0.1, 0.15) is 12.6 Å². The first-order chi connectivity index (χ1) is 21.7. The fourth-order valence-electron chi connectivity index (χ4n) is 5.77. The second-order valence-electron chi connectivity index (χ2n) is 11.9. The van der Waals surface area contributed by atoms with Gasteiger partial charge in [0.15, 0.2) is 0 Å². The van der Waals surface area contributed by atoms with Crippen LogP contribution in [0.1, 0.15) is 47.9 Å². The summed E-state index contributed by atoms with van der Waals surface area (Å²) in [6.07, 6.45) is 4.23. The lowest BCUT2D eigenvalue weighted by Gasteiger charge is -2.34. The maximum atomic E-state index is 14.6. The number of benzene rings is 4. The Morgan fingerprint density at radius 1 is 0.756 bits per heavy atom. The number of aryl methyl sites for hydroxylation is 2. The van der Waals surface area contributed by atoms with Crippen molar-refractivity contribution < 1.29 is 18.0 Å². The monoisotopic (exact) mass is 623 g/mol. The van der Waals surface area contributed by atoms with E-state index in [1.54, 1.807) is 35.2 Å². The van der Waals surface area contributed by atoms with Gasteiger partial charge in [-0.25, -0.2) is 8.42 Å². The predicted octanol–water partition coefficient (Wildman–Crippen LogP) is 6.20. The van der Waals surface area contributed by atoms with Crippen LogP contribution in [-0.4, -0.2) is 43.8 Å².